The zero-order valence-corrected chi connectivity index (χ0v) is 15.6. The van der Waals surface area contributed by atoms with Crippen LogP contribution in [0.25, 0.3) is 0 Å². The van der Waals surface area contributed by atoms with Gasteiger partial charge in [-0.05, 0) is 26.3 Å². The Morgan fingerprint density at radius 3 is 2.16 bits per heavy atom. The summed E-state index contributed by atoms with van der Waals surface area (Å²) in [5.41, 5.74) is 0. The predicted octanol–water partition coefficient (Wildman–Crippen LogP) is -0.825. The Hall–Kier alpha value is -2.16. The first-order valence-electron chi connectivity index (χ1n) is 8.30. The second kappa shape index (κ2) is 11.4. The number of hydrogen-bond donors (Lipinski definition) is 4. The molecule has 0 saturated carbocycles. The fourth-order valence-corrected chi connectivity index (χ4v) is 2.13. The number of nitrogens with zero attached hydrogens (tertiary/aromatic N) is 1. The Labute approximate surface area is 148 Å². The van der Waals surface area contributed by atoms with E-state index in [2.05, 4.69) is 16.0 Å². The van der Waals surface area contributed by atoms with E-state index in [9.17, 15) is 19.2 Å². The minimum Gasteiger partial charge on any atom is -0.481 e. The van der Waals surface area contributed by atoms with Gasteiger partial charge in [0.25, 0.3) is 0 Å². The van der Waals surface area contributed by atoms with Crippen LogP contribution >= 0.6 is 0 Å². The summed E-state index contributed by atoms with van der Waals surface area (Å²) in [6.45, 7) is 5.32. The number of hydrogen-bond acceptors (Lipinski definition) is 5. The average Bonchev–Trinajstić information content (AvgIpc) is 2.54. The van der Waals surface area contributed by atoms with E-state index >= 15 is 0 Å². The maximum Gasteiger partial charge on any atom is 0.305 e. The number of rotatable bonds is 11. The quantitative estimate of drug-likeness (QED) is 0.382. The topological polar surface area (TPSA) is 128 Å². The number of carbonyl (C=O) groups is 4. The van der Waals surface area contributed by atoms with Gasteiger partial charge in [0.2, 0.25) is 17.7 Å². The monoisotopic (exact) mass is 358 g/mol. The Balaban J connectivity index is 4.71. The van der Waals surface area contributed by atoms with Crippen LogP contribution in [0.5, 0.6) is 0 Å². The van der Waals surface area contributed by atoms with E-state index in [1.54, 1.807) is 21.0 Å². The summed E-state index contributed by atoms with van der Waals surface area (Å²) in [5, 5.41) is 16.3. The number of likely N-dealkylation sites (N-methyl/N-ethyl adjacent to an activating group) is 2. The van der Waals surface area contributed by atoms with E-state index in [0.29, 0.717) is 6.42 Å². The lowest BCUT2D eigenvalue weighted by Crippen LogP contribution is -2.53. The van der Waals surface area contributed by atoms with Crippen LogP contribution in [0, 0.1) is 5.92 Å². The lowest BCUT2D eigenvalue weighted by Gasteiger charge is -2.30. The number of carboxylic acids is 1. The first-order valence-corrected chi connectivity index (χ1v) is 8.30. The third-order valence-electron chi connectivity index (χ3n) is 3.70. The van der Waals surface area contributed by atoms with E-state index in [0.717, 1.165) is 0 Å². The number of carboxylic acid groups (broad SMARTS) is 1. The lowest BCUT2D eigenvalue weighted by atomic mass is 10.0. The van der Waals surface area contributed by atoms with Crippen molar-refractivity contribution in [2.75, 3.05) is 27.2 Å². The molecular weight excluding hydrogens is 328 g/mol. The summed E-state index contributed by atoms with van der Waals surface area (Å²) in [7, 11) is 3.23. The molecule has 0 spiro atoms. The van der Waals surface area contributed by atoms with Gasteiger partial charge in [0.05, 0.1) is 19.0 Å². The first-order chi connectivity index (χ1) is 11.6. The Morgan fingerprint density at radius 1 is 1.08 bits per heavy atom. The van der Waals surface area contributed by atoms with Gasteiger partial charge in [0.15, 0.2) is 0 Å². The van der Waals surface area contributed by atoms with Crippen LogP contribution in [0.15, 0.2) is 0 Å². The summed E-state index contributed by atoms with van der Waals surface area (Å²) >= 11 is 0. The van der Waals surface area contributed by atoms with Crippen molar-refractivity contribution in [1.82, 2.24) is 20.9 Å². The van der Waals surface area contributed by atoms with Gasteiger partial charge >= 0.3 is 5.97 Å². The van der Waals surface area contributed by atoms with Crippen LogP contribution in [0.4, 0.5) is 0 Å². The van der Waals surface area contributed by atoms with Crippen molar-refractivity contribution in [3.63, 3.8) is 0 Å². The van der Waals surface area contributed by atoms with E-state index in [-0.39, 0.29) is 31.3 Å². The molecule has 0 saturated heterocycles. The van der Waals surface area contributed by atoms with Gasteiger partial charge in [0, 0.05) is 13.6 Å². The fraction of sp³-hybridized carbons (Fsp3) is 0.750. The van der Waals surface area contributed by atoms with E-state index in [4.69, 9.17) is 5.11 Å². The third-order valence-corrected chi connectivity index (χ3v) is 3.70. The number of amides is 3. The smallest absolute Gasteiger partial charge is 0.305 e. The zero-order valence-electron chi connectivity index (χ0n) is 15.6. The average molecular weight is 358 g/mol. The van der Waals surface area contributed by atoms with Crippen LogP contribution < -0.4 is 16.0 Å². The maximum atomic E-state index is 12.4. The van der Waals surface area contributed by atoms with Crippen LogP contribution in [0.2, 0.25) is 0 Å². The molecule has 0 fully saturated rings. The van der Waals surface area contributed by atoms with E-state index < -0.39 is 29.9 Å². The number of nitrogens with one attached hydrogen (secondary N) is 3. The van der Waals surface area contributed by atoms with Crippen molar-refractivity contribution in [3.8, 4) is 0 Å². The fourth-order valence-electron chi connectivity index (χ4n) is 2.13. The molecule has 9 heteroatoms. The molecule has 0 rings (SSSR count). The number of carbonyl (C=O) groups excluding carboxylic acids is 3. The minimum absolute atomic E-state index is 0.00245. The highest BCUT2D eigenvalue weighted by molar-refractivity contribution is 5.91. The van der Waals surface area contributed by atoms with Crippen molar-refractivity contribution in [2.24, 2.45) is 5.92 Å². The molecule has 0 radical (unpaired) electrons. The highest BCUT2D eigenvalue weighted by Crippen LogP contribution is 2.12. The van der Waals surface area contributed by atoms with Crippen molar-refractivity contribution in [1.29, 1.82) is 0 Å². The molecule has 25 heavy (non-hydrogen) atoms. The van der Waals surface area contributed by atoms with E-state index in [1.165, 1.54) is 4.90 Å². The van der Waals surface area contributed by atoms with Gasteiger partial charge < -0.3 is 26.0 Å². The van der Waals surface area contributed by atoms with Crippen molar-refractivity contribution in [2.45, 2.75) is 45.7 Å². The Kier molecular flexibility index (Phi) is 10.4. The highest BCUT2D eigenvalue weighted by Gasteiger charge is 2.29. The second-order valence-electron chi connectivity index (χ2n) is 6.32. The highest BCUT2D eigenvalue weighted by atomic mass is 16.4. The third kappa shape index (κ3) is 9.04. The maximum absolute atomic E-state index is 12.4. The molecule has 0 aliphatic heterocycles. The standard InChI is InChI=1S/C16H30N4O5/c1-10(2)8-12(20(5)16(25)11(3)17-4)15(24)19-9-13(21)18-7-6-14(22)23/h10-12,17H,6-9H2,1-5H3,(H,18,21)(H,19,24)(H,22,23)/t11-,12-/m0/s1. The molecule has 0 aromatic rings. The summed E-state index contributed by atoms with van der Waals surface area (Å²) in [5.74, 6) is -1.94. The molecule has 0 aromatic carbocycles. The molecule has 9 nitrogen and oxygen atoms in total. The predicted molar refractivity (Wildman–Crippen MR) is 92.8 cm³/mol. The van der Waals surface area contributed by atoms with Crippen molar-refractivity contribution in [3.05, 3.63) is 0 Å². The molecule has 3 amide bonds. The molecule has 4 N–H and O–H groups in total. The molecule has 0 bridgehead atoms. The largest absolute Gasteiger partial charge is 0.481 e. The van der Waals surface area contributed by atoms with Crippen LogP contribution in [-0.4, -0.2) is 73.0 Å². The minimum atomic E-state index is -1.01. The molecule has 0 aliphatic carbocycles. The van der Waals surface area contributed by atoms with Gasteiger partial charge in [-0.3, -0.25) is 19.2 Å². The van der Waals surface area contributed by atoms with Gasteiger partial charge in [-0.2, -0.15) is 0 Å². The molecule has 2 atom stereocenters. The van der Waals surface area contributed by atoms with Crippen LogP contribution in [0.1, 0.15) is 33.6 Å². The molecule has 0 unspecified atom stereocenters. The van der Waals surface area contributed by atoms with Gasteiger partial charge in [-0.15, -0.1) is 0 Å². The second-order valence-corrected chi connectivity index (χ2v) is 6.32. The zero-order chi connectivity index (χ0) is 19.6. The van der Waals surface area contributed by atoms with Crippen molar-refractivity contribution < 1.29 is 24.3 Å². The van der Waals surface area contributed by atoms with Gasteiger partial charge in [-0.1, -0.05) is 13.8 Å². The Bertz CT molecular complexity index is 481. The summed E-state index contributed by atoms with van der Waals surface area (Å²) in [6, 6.07) is -1.11. The molecule has 0 aliphatic rings. The summed E-state index contributed by atoms with van der Waals surface area (Å²) < 4.78 is 0. The van der Waals surface area contributed by atoms with E-state index in [1.807, 2.05) is 13.8 Å². The normalized spacial score (nSPS) is 13.0. The SMILES string of the molecule is CN[C@@H](C)C(=O)N(C)[C@@H](CC(C)C)C(=O)NCC(=O)NCCC(=O)O. The Morgan fingerprint density at radius 2 is 1.68 bits per heavy atom. The van der Waals surface area contributed by atoms with Gasteiger partial charge in [0.1, 0.15) is 6.04 Å². The van der Waals surface area contributed by atoms with Crippen molar-refractivity contribution >= 4 is 23.7 Å². The first kappa shape index (κ1) is 22.8. The van der Waals surface area contributed by atoms with Gasteiger partial charge in [-0.25, -0.2) is 0 Å². The number of aliphatic carboxylic acids is 1. The molecule has 144 valence electrons. The summed E-state index contributed by atoms with van der Waals surface area (Å²) in [6.07, 6.45) is 0.278. The molecular formula is C16H30N4O5. The van der Waals surface area contributed by atoms with Crippen LogP contribution in [0.3, 0.4) is 0 Å². The molecule has 0 aromatic heterocycles. The summed E-state index contributed by atoms with van der Waals surface area (Å²) in [4.78, 5) is 48.1. The molecule has 0 heterocycles. The lowest BCUT2D eigenvalue weighted by molar-refractivity contribution is -0.141. The van der Waals surface area contributed by atoms with Crippen LogP contribution in [-0.2, 0) is 19.2 Å².